The number of fused-ring (bicyclic) bond motifs is 2. The van der Waals surface area contributed by atoms with Crippen LogP contribution in [0.15, 0.2) is 54.9 Å². The Morgan fingerprint density at radius 2 is 1.83 bits per heavy atom. The van der Waals surface area contributed by atoms with E-state index in [-0.39, 0.29) is 48.7 Å². The second-order valence-electron chi connectivity index (χ2n) is 7.58. The van der Waals surface area contributed by atoms with Crippen molar-refractivity contribution in [1.29, 1.82) is 0 Å². The summed E-state index contributed by atoms with van der Waals surface area (Å²) < 4.78 is 0. The molecule has 2 bridgehead atoms. The summed E-state index contributed by atoms with van der Waals surface area (Å²) in [5.41, 5.74) is 1.50. The molecule has 0 spiro atoms. The molecule has 0 aliphatic carbocycles. The van der Waals surface area contributed by atoms with E-state index in [9.17, 15) is 9.59 Å². The quantitative estimate of drug-likeness (QED) is 0.733. The smallest absolute Gasteiger partial charge is 0.251 e. The molecule has 1 aromatic carbocycles. The third-order valence-electron chi connectivity index (χ3n) is 5.71. The Balaban J connectivity index is 0.00000160. The highest BCUT2D eigenvalue weighted by atomic mass is 35.5. The zero-order valence-corrected chi connectivity index (χ0v) is 18.3. The van der Waals surface area contributed by atoms with Crippen LogP contribution in [0.25, 0.3) is 0 Å². The molecule has 2 fully saturated rings. The molecular weight excluding hydrogens is 423 g/mol. The predicted molar refractivity (Wildman–Crippen MR) is 121 cm³/mol. The second kappa shape index (κ2) is 11.3. The number of hydrogen-bond donors (Lipinski definition) is 2. The van der Waals surface area contributed by atoms with Gasteiger partial charge >= 0.3 is 0 Å². The number of carbonyl (C=O) groups excluding carboxylic acids is 2. The maximum Gasteiger partial charge on any atom is 0.251 e. The van der Waals surface area contributed by atoms with E-state index in [1.54, 1.807) is 24.5 Å². The highest BCUT2D eigenvalue weighted by Crippen LogP contribution is 2.29. The molecule has 1 aromatic heterocycles. The van der Waals surface area contributed by atoms with Crippen molar-refractivity contribution in [1.82, 2.24) is 20.5 Å². The van der Waals surface area contributed by atoms with E-state index in [1.165, 1.54) is 0 Å². The molecule has 3 atom stereocenters. The summed E-state index contributed by atoms with van der Waals surface area (Å²) in [4.78, 5) is 32.5. The SMILES string of the molecule is Cl.Cl.O=C(NC(Cc1cccnc1)C(=O)N1C2CCNCC1CC2)c1ccccc1. The molecule has 2 saturated heterocycles. The standard InChI is InChI=1S/C22H26N4O2.2ClH/c27-21(17-6-2-1-3-7-17)25-20(13-16-5-4-11-23-14-16)22(28)26-18-8-9-19(26)15-24-12-10-18;;/h1-7,11,14,18-20,24H,8-10,12-13,15H2,(H,25,27);2*1H. The maximum atomic E-state index is 13.5. The van der Waals surface area contributed by atoms with Crippen molar-refractivity contribution in [3.63, 3.8) is 0 Å². The monoisotopic (exact) mass is 450 g/mol. The molecule has 3 heterocycles. The molecule has 8 heteroatoms. The molecule has 0 radical (unpaired) electrons. The van der Waals surface area contributed by atoms with Crippen LogP contribution in [0, 0.1) is 0 Å². The van der Waals surface area contributed by atoms with Gasteiger partial charge in [-0.25, -0.2) is 0 Å². The van der Waals surface area contributed by atoms with Gasteiger partial charge in [0.15, 0.2) is 0 Å². The van der Waals surface area contributed by atoms with Crippen LogP contribution in [0.5, 0.6) is 0 Å². The number of nitrogens with zero attached hydrogens (tertiary/aromatic N) is 2. The average molecular weight is 451 g/mol. The Kier molecular flexibility index (Phi) is 9.08. The Bertz CT molecular complexity index is 808. The van der Waals surface area contributed by atoms with Crippen molar-refractivity contribution in [3.05, 3.63) is 66.0 Å². The number of pyridine rings is 1. The lowest BCUT2D eigenvalue weighted by atomic mass is 10.0. The zero-order valence-electron chi connectivity index (χ0n) is 16.7. The predicted octanol–water partition coefficient (Wildman–Crippen LogP) is 2.62. The Labute approximate surface area is 189 Å². The topological polar surface area (TPSA) is 74.3 Å². The first-order valence-electron chi connectivity index (χ1n) is 10.00. The lowest BCUT2D eigenvalue weighted by Crippen LogP contribution is -2.53. The molecule has 2 amide bonds. The maximum absolute atomic E-state index is 13.5. The van der Waals surface area contributed by atoms with Crippen LogP contribution in [0.4, 0.5) is 0 Å². The minimum atomic E-state index is -0.599. The molecule has 2 aliphatic rings. The minimum Gasteiger partial charge on any atom is -0.340 e. The van der Waals surface area contributed by atoms with Gasteiger partial charge in [-0.3, -0.25) is 14.6 Å². The van der Waals surface area contributed by atoms with E-state index in [0.29, 0.717) is 12.0 Å². The van der Waals surface area contributed by atoms with Gasteiger partial charge in [-0.05, 0) is 49.6 Å². The number of hydrogen-bond acceptors (Lipinski definition) is 4. The van der Waals surface area contributed by atoms with Crippen LogP contribution in [-0.4, -0.2) is 52.9 Å². The van der Waals surface area contributed by atoms with Gasteiger partial charge in [0.2, 0.25) is 5.91 Å². The van der Waals surface area contributed by atoms with E-state index in [4.69, 9.17) is 0 Å². The van der Waals surface area contributed by atoms with Gasteiger partial charge in [0.25, 0.3) is 5.91 Å². The van der Waals surface area contributed by atoms with Crippen molar-refractivity contribution < 1.29 is 9.59 Å². The lowest BCUT2D eigenvalue weighted by Gasteiger charge is -2.32. The average Bonchev–Trinajstić information content (AvgIpc) is 3.00. The van der Waals surface area contributed by atoms with E-state index >= 15 is 0 Å². The van der Waals surface area contributed by atoms with Crippen LogP contribution in [0.2, 0.25) is 0 Å². The van der Waals surface area contributed by atoms with Gasteiger partial charge in [-0.15, -0.1) is 24.8 Å². The molecule has 4 rings (SSSR count). The third-order valence-corrected chi connectivity index (χ3v) is 5.71. The Hall–Kier alpha value is -2.15. The fourth-order valence-electron chi connectivity index (χ4n) is 4.31. The number of aromatic nitrogens is 1. The number of benzene rings is 1. The highest BCUT2D eigenvalue weighted by molar-refractivity contribution is 5.97. The van der Waals surface area contributed by atoms with Crippen molar-refractivity contribution in [2.24, 2.45) is 0 Å². The number of amides is 2. The number of rotatable bonds is 5. The van der Waals surface area contributed by atoms with Crippen molar-refractivity contribution in [2.45, 2.75) is 43.8 Å². The van der Waals surface area contributed by atoms with Crippen molar-refractivity contribution in [3.8, 4) is 0 Å². The summed E-state index contributed by atoms with van der Waals surface area (Å²) in [5, 5.41) is 6.42. The Morgan fingerprint density at radius 3 is 2.57 bits per heavy atom. The summed E-state index contributed by atoms with van der Waals surface area (Å²) in [6.07, 6.45) is 6.94. The van der Waals surface area contributed by atoms with Gasteiger partial charge < -0.3 is 15.5 Å². The molecule has 2 aliphatic heterocycles. The number of halogens is 2. The zero-order chi connectivity index (χ0) is 19.3. The first kappa shape index (κ1) is 24.1. The third kappa shape index (κ3) is 5.50. The first-order valence-corrected chi connectivity index (χ1v) is 10.00. The van der Waals surface area contributed by atoms with Gasteiger partial charge in [0.05, 0.1) is 0 Å². The van der Waals surface area contributed by atoms with Crippen LogP contribution in [-0.2, 0) is 11.2 Å². The van der Waals surface area contributed by atoms with E-state index in [2.05, 4.69) is 15.6 Å². The molecule has 3 unspecified atom stereocenters. The van der Waals surface area contributed by atoms with Crippen LogP contribution in [0.3, 0.4) is 0 Å². The highest BCUT2D eigenvalue weighted by Gasteiger charge is 2.40. The summed E-state index contributed by atoms with van der Waals surface area (Å²) in [6.45, 7) is 1.77. The van der Waals surface area contributed by atoms with Gasteiger partial charge in [-0.1, -0.05) is 24.3 Å². The van der Waals surface area contributed by atoms with Gasteiger partial charge in [-0.2, -0.15) is 0 Å². The van der Waals surface area contributed by atoms with Crippen molar-refractivity contribution >= 4 is 36.6 Å². The minimum absolute atomic E-state index is 0. The first-order chi connectivity index (χ1) is 13.7. The van der Waals surface area contributed by atoms with Crippen LogP contribution >= 0.6 is 24.8 Å². The summed E-state index contributed by atoms with van der Waals surface area (Å²) in [7, 11) is 0. The summed E-state index contributed by atoms with van der Waals surface area (Å²) in [5.74, 6) is -0.201. The number of nitrogens with one attached hydrogen (secondary N) is 2. The molecule has 2 aromatic rings. The van der Waals surface area contributed by atoms with Gasteiger partial charge in [0, 0.05) is 43.0 Å². The number of carbonyl (C=O) groups is 2. The van der Waals surface area contributed by atoms with Crippen molar-refractivity contribution in [2.75, 3.05) is 13.1 Å². The molecule has 0 saturated carbocycles. The summed E-state index contributed by atoms with van der Waals surface area (Å²) in [6, 6.07) is 12.7. The van der Waals surface area contributed by atoms with Gasteiger partial charge in [0.1, 0.15) is 6.04 Å². The molecule has 2 N–H and O–H groups in total. The molecular formula is C22H28Cl2N4O2. The van der Waals surface area contributed by atoms with E-state index in [1.807, 2.05) is 35.2 Å². The second-order valence-corrected chi connectivity index (χ2v) is 7.58. The molecule has 30 heavy (non-hydrogen) atoms. The van der Waals surface area contributed by atoms with Crippen LogP contribution in [0.1, 0.15) is 35.2 Å². The largest absolute Gasteiger partial charge is 0.340 e. The molecule has 6 nitrogen and oxygen atoms in total. The summed E-state index contributed by atoms with van der Waals surface area (Å²) >= 11 is 0. The molecule has 162 valence electrons. The lowest BCUT2D eigenvalue weighted by molar-refractivity contribution is -0.135. The Morgan fingerprint density at radius 1 is 1.07 bits per heavy atom. The fourth-order valence-corrected chi connectivity index (χ4v) is 4.31. The van der Waals surface area contributed by atoms with E-state index in [0.717, 1.165) is 37.9 Å². The van der Waals surface area contributed by atoms with Crippen LogP contribution < -0.4 is 10.6 Å². The fraction of sp³-hybridized carbons (Fsp3) is 0.409. The van der Waals surface area contributed by atoms with E-state index < -0.39 is 6.04 Å². The normalized spacial score (nSPS) is 20.9.